The highest BCUT2D eigenvalue weighted by Gasteiger charge is 2.59. The van der Waals surface area contributed by atoms with E-state index in [9.17, 15) is 19.2 Å². The molecule has 3 amide bonds. The largest absolute Gasteiger partial charge is 0.341 e. The lowest BCUT2D eigenvalue weighted by Crippen LogP contribution is -2.42. The molecule has 0 N–H and O–H groups in total. The quantitative estimate of drug-likeness (QED) is 0.624. The molecule has 1 aromatic carbocycles. The second kappa shape index (κ2) is 8.13. The van der Waals surface area contributed by atoms with Gasteiger partial charge in [0.05, 0.1) is 16.6 Å². The summed E-state index contributed by atoms with van der Waals surface area (Å²) in [6, 6.07) is 7.36. The fraction of sp³-hybridized carbons (Fsp3) is 0.500. The zero-order valence-electron chi connectivity index (χ0n) is 19.0. The van der Waals surface area contributed by atoms with Gasteiger partial charge in [-0.1, -0.05) is 54.6 Å². The van der Waals surface area contributed by atoms with Gasteiger partial charge in [0.2, 0.25) is 17.7 Å². The molecule has 3 aliphatic heterocycles. The van der Waals surface area contributed by atoms with Gasteiger partial charge < -0.3 is 4.90 Å². The Bertz CT molecular complexity index is 1190. The predicted octanol–water partition coefficient (Wildman–Crippen LogP) is 3.17. The van der Waals surface area contributed by atoms with Crippen LogP contribution in [0.4, 0.5) is 5.69 Å². The average molecular weight is 486 g/mol. The van der Waals surface area contributed by atoms with Crippen molar-refractivity contribution in [2.24, 2.45) is 5.92 Å². The number of fused-ring (bicyclic) bond motifs is 2. The Balaban J connectivity index is 1.49. The highest BCUT2D eigenvalue weighted by atomic mass is 32.2. The van der Waals surface area contributed by atoms with Gasteiger partial charge in [-0.05, 0) is 38.3 Å². The predicted molar refractivity (Wildman–Crippen MR) is 129 cm³/mol. The first-order valence-electron chi connectivity index (χ1n) is 11.3. The van der Waals surface area contributed by atoms with Crippen LogP contribution < -0.4 is 9.77 Å². The number of carbonyl (C=O) groups excluding carboxylic acids is 3. The molecule has 2 fully saturated rings. The smallest absolute Gasteiger partial charge is 0.308 e. The number of imide groups is 1. The molecule has 7 nitrogen and oxygen atoms in total. The average Bonchev–Trinajstić information content (AvgIpc) is 3.24. The maximum Gasteiger partial charge on any atom is 0.308 e. The number of thioether (sulfide) groups is 1. The number of thiazole rings is 1. The lowest BCUT2D eigenvalue weighted by molar-refractivity contribution is -0.133. The number of hydrogen-bond donors (Lipinski definition) is 0. The van der Waals surface area contributed by atoms with Gasteiger partial charge in [0, 0.05) is 23.4 Å². The number of likely N-dealkylation sites (tertiary alicyclic amines) is 1. The molecule has 0 bridgehead atoms. The summed E-state index contributed by atoms with van der Waals surface area (Å²) in [5, 5.41) is 0.0418. The van der Waals surface area contributed by atoms with E-state index >= 15 is 0 Å². The molecule has 1 aromatic heterocycles. The summed E-state index contributed by atoms with van der Waals surface area (Å²) in [6.07, 6.45) is 3.09. The Kier molecular flexibility index (Phi) is 5.52. The van der Waals surface area contributed by atoms with Gasteiger partial charge in [0.25, 0.3) is 0 Å². The molecule has 33 heavy (non-hydrogen) atoms. The number of piperidine rings is 1. The highest BCUT2D eigenvalue weighted by molar-refractivity contribution is 8.00. The summed E-state index contributed by atoms with van der Waals surface area (Å²) in [6.45, 7) is 7.25. The van der Waals surface area contributed by atoms with Crippen LogP contribution in [-0.4, -0.2) is 45.5 Å². The van der Waals surface area contributed by atoms with E-state index in [0.717, 1.165) is 54.1 Å². The van der Waals surface area contributed by atoms with Gasteiger partial charge in [-0.3, -0.25) is 23.7 Å². The van der Waals surface area contributed by atoms with Crippen molar-refractivity contribution in [1.82, 2.24) is 9.47 Å². The van der Waals surface area contributed by atoms with Crippen molar-refractivity contribution in [3.8, 4) is 0 Å². The van der Waals surface area contributed by atoms with Gasteiger partial charge >= 0.3 is 4.87 Å². The summed E-state index contributed by atoms with van der Waals surface area (Å²) in [5.41, 5.74) is 0.928. The third kappa shape index (κ3) is 3.56. The van der Waals surface area contributed by atoms with Crippen LogP contribution in [0.25, 0.3) is 0 Å². The normalized spacial score (nSPS) is 24.1. The molecule has 0 saturated carbocycles. The lowest BCUT2D eigenvalue weighted by Gasteiger charge is -2.36. The molecule has 174 valence electrons. The molecule has 4 heterocycles. The number of aryl methyl sites for hydroxylation is 1. The molecule has 2 saturated heterocycles. The van der Waals surface area contributed by atoms with Crippen LogP contribution in [0.3, 0.4) is 0 Å². The van der Waals surface area contributed by atoms with Crippen LogP contribution in [0, 0.1) is 12.8 Å². The van der Waals surface area contributed by atoms with E-state index in [-0.39, 0.29) is 29.1 Å². The van der Waals surface area contributed by atoms with E-state index < -0.39 is 16.6 Å². The number of rotatable bonds is 3. The molecule has 2 aromatic rings. The van der Waals surface area contributed by atoms with Crippen molar-refractivity contribution in [3.05, 3.63) is 44.4 Å². The van der Waals surface area contributed by atoms with Gasteiger partial charge in [-0.15, -0.1) is 0 Å². The van der Waals surface area contributed by atoms with Gasteiger partial charge in [-0.2, -0.15) is 0 Å². The van der Waals surface area contributed by atoms with Crippen LogP contribution in [0.5, 0.6) is 0 Å². The third-order valence-electron chi connectivity index (χ3n) is 7.00. The van der Waals surface area contributed by atoms with Crippen molar-refractivity contribution in [2.75, 3.05) is 18.0 Å². The molecule has 9 heteroatoms. The highest BCUT2D eigenvalue weighted by Crippen LogP contribution is 2.54. The van der Waals surface area contributed by atoms with E-state index in [1.807, 2.05) is 37.8 Å². The number of nitrogens with zero attached hydrogens (tertiary/aromatic N) is 3. The maximum absolute atomic E-state index is 13.5. The van der Waals surface area contributed by atoms with Crippen molar-refractivity contribution in [3.63, 3.8) is 0 Å². The van der Waals surface area contributed by atoms with Crippen LogP contribution in [0.1, 0.15) is 43.6 Å². The minimum absolute atomic E-state index is 0.0189. The minimum Gasteiger partial charge on any atom is -0.341 e. The van der Waals surface area contributed by atoms with Gasteiger partial charge in [0.1, 0.15) is 11.8 Å². The Hall–Kier alpha value is -2.39. The van der Waals surface area contributed by atoms with Crippen LogP contribution in [0.15, 0.2) is 34.1 Å². The molecular formula is C24H27N3O4S2. The number of amides is 3. The van der Waals surface area contributed by atoms with Crippen molar-refractivity contribution in [2.45, 2.75) is 62.3 Å². The van der Waals surface area contributed by atoms with Gasteiger partial charge in [0.15, 0.2) is 0 Å². The Morgan fingerprint density at radius 1 is 1.03 bits per heavy atom. The third-order valence-corrected chi connectivity index (χ3v) is 9.82. The molecule has 2 atom stereocenters. The van der Waals surface area contributed by atoms with Crippen LogP contribution in [0.2, 0.25) is 0 Å². The fourth-order valence-electron chi connectivity index (χ4n) is 5.09. The monoisotopic (exact) mass is 485 g/mol. The summed E-state index contributed by atoms with van der Waals surface area (Å²) < 4.78 is 1.52. The molecule has 3 aliphatic rings. The maximum atomic E-state index is 13.5. The Morgan fingerprint density at radius 3 is 2.36 bits per heavy atom. The van der Waals surface area contributed by atoms with Crippen molar-refractivity contribution >= 4 is 46.5 Å². The topological polar surface area (TPSA) is 79.7 Å². The number of benzene rings is 1. The van der Waals surface area contributed by atoms with Crippen LogP contribution >= 0.6 is 23.1 Å². The fourth-order valence-corrected chi connectivity index (χ4v) is 8.13. The lowest BCUT2D eigenvalue weighted by atomic mass is 9.76. The molecule has 0 aliphatic carbocycles. The Labute approximate surface area is 200 Å². The first kappa shape index (κ1) is 22.4. The second-order valence-corrected chi connectivity index (χ2v) is 11.7. The number of anilines is 1. The van der Waals surface area contributed by atoms with Crippen molar-refractivity contribution < 1.29 is 14.4 Å². The van der Waals surface area contributed by atoms with E-state index in [2.05, 4.69) is 0 Å². The second-order valence-electron chi connectivity index (χ2n) is 9.62. The van der Waals surface area contributed by atoms with E-state index in [0.29, 0.717) is 10.7 Å². The summed E-state index contributed by atoms with van der Waals surface area (Å²) in [7, 11) is 0. The molecular weight excluding hydrogens is 458 g/mol. The first-order valence-corrected chi connectivity index (χ1v) is 13.0. The minimum atomic E-state index is -0.694. The first-order chi connectivity index (χ1) is 15.7. The zero-order chi connectivity index (χ0) is 23.5. The van der Waals surface area contributed by atoms with Crippen molar-refractivity contribution in [1.29, 1.82) is 0 Å². The summed E-state index contributed by atoms with van der Waals surface area (Å²) in [4.78, 5) is 56.5. The summed E-state index contributed by atoms with van der Waals surface area (Å²) in [5.74, 6) is -1.11. The molecule has 0 spiro atoms. The molecule has 0 unspecified atom stereocenters. The number of hydrogen-bond acceptors (Lipinski definition) is 6. The number of carbonyl (C=O) groups is 3. The SMILES string of the molecule is Cc1ccc(N2C(=O)[C@H]3Sc4c(sc(=O)n4CC(=O)N4CCCCC4)C(C)(C)[C@H]3C2=O)cc1. The van der Waals surface area contributed by atoms with E-state index in [4.69, 9.17) is 0 Å². The molecule has 5 rings (SSSR count). The molecule has 0 radical (unpaired) electrons. The van der Waals surface area contributed by atoms with E-state index in [1.165, 1.54) is 21.2 Å². The zero-order valence-corrected chi connectivity index (χ0v) is 20.6. The van der Waals surface area contributed by atoms with E-state index in [1.54, 1.807) is 12.1 Å². The van der Waals surface area contributed by atoms with Crippen LogP contribution in [-0.2, 0) is 26.3 Å². The number of aromatic nitrogens is 1. The standard InChI is InChI=1S/C24H27N3O4S2/c1-14-7-9-15(10-8-14)27-20(29)17-18(21(27)30)32-22-19(24(17,2)3)33-23(31)26(22)13-16(28)25-11-5-4-6-12-25/h7-10,17-18H,4-6,11-13H2,1-3H3/t17-,18+/m1/s1. The Morgan fingerprint density at radius 2 is 1.70 bits per heavy atom. The summed E-state index contributed by atoms with van der Waals surface area (Å²) >= 11 is 2.37. The van der Waals surface area contributed by atoms with Gasteiger partial charge in [-0.25, -0.2) is 4.90 Å².